The van der Waals surface area contributed by atoms with Crippen molar-refractivity contribution in [1.82, 2.24) is 0 Å². The molecule has 0 unspecified atom stereocenters. The SMILES string of the molecule is Cc1ccc(S(=O)(=O)O[C@H]2CC[C@@]3(C)[C@@H](CC[C@@]4(C)OC(=O)C[C@@H]34)C2(C)C)cc1. The van der Waals surface area contributed by atoms with E-state index in [1.165, 1.54) is 0 Å². The van der Waals surface area contributed by atoms with Crippen LogP contribution in [-0.4, -0.2) is 26.1 Å². The van der Waals surface area contributed by atoms with Crippen LogP contribution in [0.5, 0.6) is 0 Å². The maximum atomic E-state index is 12.9. The largest absolute Gasteiger partial charge is 0.459 e. The molecule has 0 bridgehead atoms. The molecule has 2 saturated carbocycles. The Bertz CT molecular complexity index is 919. The lowest BCUT2D eigenvalue weighted by Crippen LogP contribution is -2.59. The Hall–Kier alpha value is -1.40. The number of hydrogen-bond acceptors (Lipinski definition) is 5. The zero-order valence-electron chi connectivity index (χ0n) is 18.0. The molecule has 0 aromatic heterocycles. The Balaban J connectivity index is 1.61. The van der Waals surface area contributed by atoms with Gasteiger partial charge in [-0.2, -0.15) is 8.42 Å². The summed E-state index contributed by atoms with van der Waals surface area (Å²) in [6, 6.07) is 6.80. The summed E-state index contributed by atoms with van der Waals surface area (Å²) >= 11 is 0. The quantitative estimate of drug-likeness (QED) is 0.527. The molecule has 1 aromatic rings. The molecule has 2 aliphatic carbocycles. The fourth-order valence-electron chi connectivity index (χ4n) is 6.61. The van der Waals surface area contributed by atoms with E-state index < -0.39 is 10.1 Å². The lowest BCUT2D eigenvalue weighted by Gasteiger charge is -2.61. The molecule has 0 spiro atoms. The van der Waals surface area contributed by atoms with Crippen molar-refractivity contribution in [2.75, 3.05) is 0 Å². The molecule has 3 fully saturated rings. The van der Waals surface area contributed by atoms with Gasteiger partial charge in [-0.25, -0.2) is 0 Å². The third kappa shape index (κ3) is 3.23. The Kier molecular flexibility index (Phi) is 4.71. The lowest BCUT2D eigenvalue weighted by atomic mass is 9.45. The first-order valence-electron chi connectivity index (χ1n) is 10.6. The van der Waals surface area contributed by atoms with Crippen molar-refractivity contribution >= 4 is 16.1 Å². The topological polar surface area (TPSA) is 69.7 Å². The molecular weight excluding hydrogens is 388 g/mol. The van der Waals surface area contributed by atoms with E-state index in [-0.39, 0.29) is 45.2 Å². The maximum absolute atomic E-state index is 12.9. The van der Waals surface area contributed by atoms with Gasteiger partial charge < -0.3 is 4.74 Å². The molecule has 3 aliphatic rings. The van der Waals surface area contributed by atoms with Crippen molar-refractivity contribution in [3.63, 3.8) is 0 Å². The molecule has 1 saturated heterocycles. The monoisotopic (exact) mass is 420 g/mol. The first kappa shape index (κ1) is 20.9. The summed E-state index contributed by atoms with van der Waals surface area (Å²) in [4.78, 5) is 12.3. The van der Waals surface area contributed by atoms with Gasteiger partial charge in [0, 0.05) is 5.92 Å². The third-order valence-corrected chi connectivity index (χ3v) is 9.54. The first-order valence-corrected chi connectivity index (χ1v) is 12.0. The summed E-state index contributed by atoms with van der Waals surface area (Å²) in [5.41, 5.74) is 0.241. The number of esters is 1. The van der Waals surface area contributed by atoms with Crippen LogP contribution in [0.25, 0.3) is 0 Å². The molecule has 4 rings (SSSR count). The predicted octanol–water partition coefficient (Wildman–Crippen LogP) is 4.63. The number of benzene rings is 1. The normalized spacial score (nSPS) is 38.8. The fraction of sp³-hybridized carbons (Fsp3) is 0.696. The lowest BCUT2D eigenvalue weighted by molar-refractivity contribution is -0.178. The van der Waals surface area contributed by atoms with Gasteiger partial charge in [0.1, 0.15) is 5.60 Å². The molecular formula is C23H32O5S. The molecule has 0 N–H and O–H groups in total. The zero-order valence-corrected chi connectivity index (χ0v) is 18.8. The summed E-state index contributed by atoms with van der Waals surface area (Å²) in [5, 5.41) is 0. The average Bonchev–Trinajstić information content (AvgIpc) is 2.93. The average molecular weight is 421 g/mol. The molecule has 29 heavy (non-hydrogen) atoms. The highest BCUT2D eigenvalue weighted by atomic mass is 32.2. The van der Waals surface area contributed by atoms with Crippen molar-refractivity contribution in [2.24, 2.45) is 22.7 Å². The number of carbonyl (C=O) groups is 1. The van der Waals surface area contributed by atoms with Crippen LogP contribution in [-0.2, 0) is 23.8 Å². The molecule has 0 amide bonds. The fourth-order valence-corrected chi connectivity index (χ4v) is 7.84. The molecule has 5 atom stereocenters. The second-order valence-corrected chi connectivity index (χ2v) is 11.9. The van der Waals surface area contributed by atoms with Crippen molar-refractivity contribution in [3.05, 3.63) is 29.8 Å². The number of aryl methyl sites for hydroxylation is 1. The summed E-state index contributed by atoms with van der Waals surface area (Å²) in [6.45, 7) is 10.5. The maximum Gasteiger partial charge on any atom is 0.306 e. The van der Waals surface area contributed by atoms with Gasteiger partial charge >= 0.3 is 5.97 Å². The third-order valence-electron chi connectivity index (χ3n) is 8.20. The molecule has 5 nitrogen and oxygen atoms in total. The first-order chi connectivity index (χ1) is 13.4. The minimum atomic E-state index is -3.82. The summed E-state index contributed by atoms with van der Waals surface area (Å²) in [6.07, 6.45) is 3.32. The van der Waals surface area contributed by atoms with E-state index in [4.69, 9.17) is 8.92 Å². The van der Waals surface area contributed by atoms with Crippen LogP contribution < -0.4 is 0 Å². The van der Waals surface area contributed by atoms with Crippen LogP contribution in [0.1, 0.15) is 65.4 Å². The van der Waals surface area contributed by atoms with Crippen LogP contribution in [0.2, 0.25) is 0 Å². The van der Waals surface area contributed by atoms with Gasteiger partial charge in [-0.1, -0.05) is 38.5 Å². The Morgan fingerprint density at radius 1 is 1.00 bits per heavy atom. The number of ether oxygens (including phenoxy) is 1. The van der Waals surface area contributed by atoms with Crippen LogP contribution in [0.3, 0.4) is 0 Å². The summed E-state index contributed by atoms with van der Waals surface area (Å²) in [7, 11) is -3.82. The molecule has 1 aromatic carbocycles. The molecule has 160 valence electrons. The van der Waals surface area contributed by atoms with E-state index in [0.29, 0.717) is 12.8 Å². The number of hydrogen-bond donors (Lipinski definition) is 0. The van der Waals surface area contributed by atoms with Gasteiger partial charge in [0.15, 0.2) is 0 Å². The number of rotatable bonds is 3. The smallest absolute Gasteiger partial charge is 0.306 e. The van der Waals surface area contributed by atoms with Gasteiger partial charge in [0.25, 0.3) is 10.1 Å². The molecule has 0 radical (unpaired) electrons. The van der Waals surface area contributed by atoms with Gasteiger partial charge in [-0.15, -0.1) is 0 Å². The molecule has 1 aliphatic heterocycles. The Labute approximate surface area is 174 Å². The predicted molar refractivity (Wildman–Crippen MR) is 110 cm³/mol. The van der Waals surface area contributed by atoms with E-state index in [1.54, 1.807) is 24.3 Å². The van der Waals surface area contributed by atoms with E-state index in [1.807, 2.05) is 6.92 Å². The van der Waals surface area contributed by atoms with Crippen molar-refractivity contribution in [2.45, 2.75) is 83.3 Å². The Morgan fingerprint density at radius 2 is 1.66 bits per heavy atom. The Morgan fingerprint density at radius 3 is 2.31 bits per heavy atom. The highest BCUT2D eigenvalue weighted by Gasteiger charge is 2.64. The second-order valence-electron chi connectivity index (χ2n) is 10.4. The van der Waals surface area contributed by atoms with E-state index in [0.717, 1.165) is 24.8 Å². The van der Waals surface area contributed by atoms with Gasteiger partial charge in [0.05, 0.1) is 17.4 Å². The van der Waals surface area contributed by atoms with E-state index in [2.05, 4.69) is 27.7 Å². The van der Waals surface area contributed by atoms with E-state index >= 15 is 0 Å². The minimum Gasteiger partial charge on any atom is -0.459 e. The van der Waals surface area contributed by atoms with Crippen molar-refractivity contribution in [1.29, 1.82) is 0 Å². The second kappa shape index (κ2) is 6.55. The van der Waals surface area contributed by atoms with Crippen LogP contribution in [0, 0.1) is 29.6 Å². The van der Waals surface area contributed by atoms with Crippen molar-refractivity contribution < 1.29 is 22.1 Å². The van der Waals surface area contributed by atoms with E-state index in [9.17, 15) is 13.2 Å². The zero-order chi connectivity index (χ0) is 21.2. The summed E-state index contributed by atoms with van der Waals surface area (Å²) < 4.78 is 37.4. The van der Waals surface area contributed by atoms with Crippen LogP contribution in [0.15, 0.2) is 29.2 Å². The van der Waals surface area contributed by atoms with Crippen LogP contribution in [0.4, 0.5) is 0 Å². The van der Waals surface area contributed by atoms with Gasteiger partial charge in [-0.05, 0) is 68.4 Å². The van der Waals surface area contributed by atoms with Gasteiger partial charge in [-0.3, -0.25) is 8.98 Å². The summed E-state index contributed by atoms with van der Waals surface area (Å²) in [5.74, 6) is 0.349. The molecule has 1 heterocycles. The highest BCUT2D eigenvalue weighted by Crippen LogP contribution is 2.65. The number of carbonyl (C=O) groups excluding carboxylic acids is 1. The molecule has 6 heteroatoms. The standard InChI is InChI=1S/C23H32O5S/c1-15-6-8-16(9-7-15)29(25,26)28-19-11-12-22(4)17(21(19,2)3)10-13-23(5)18(22)14-20(24)27-23/h6-9,17-19H,10-14H2,1-5H3/t17-,18-,19-,22-,23+/m0/s1. The van der Waals surface area contributed by atoms with Crippen LogP contribution >= 0.6 is 0 Å². The number of fused-ring (bicyclic) bond motifs is 3. The van der Waals surface area contributed by atoms with Crippen molar-refractivity contribution in [3.8, 4) is 0 Å². The highest BCUT2D eigenvalue weighted by molar-refractivity contribution is 7.86. The van der Waals surface area contributed by atoms with Gasteiger partial charge in [0.2, 0.25) is 0 Å². The minimum absolute atomic E-state index is 0.0594.